The van der Waals surface area contributed by atoms with Gasteiger partial charge in [-0.2, -0.15) is 0 Å². The van der Waals surface area contributed by atoms with Crippen molar-refractivity contribution in [2.75, 3.05) is 13.7 Å². The molecule has 4 aromatic rings. The minimum absolute atomic E-state index is 0.339. The maximum absolute atomic E-state index is 12.4. The quantitative estimate of drug-likeness (QED) is 0.381. The molecule has 0 atom stereocenters. The van der Waals surface area contributed by atoms with Gasteiger partial charge in [-0.15, -0.1) is 0 Å². The molecule has 0 amide bonds. The van der Waals surface area contributed by atoms with Crippen LogP contribution < -0.4 is 15.0 Å². The van der Waals surface area contributed by atoms with Crippen molar-refractivity contribution in [3.8, 4) is 33.8 Å². The van der Waals surface area contributed by atoms with E-state index in [1.807, 2.05) is 48.5 Å². The number of esters is 1. The molecule has 31 heavy (non-hydrogen) atoms. The third kappa shape index (κ3) is 4.11. The number of benzene rings is 3. The highest BCUT2D eigenvalue weighted by atomic mass is 16.5. The number of nitrogens with one attached hydrogen (secondary N) is 1. The number of hydrogen-bond acceptors (Lipinski definition) is 5. The van der Waals surface area contributed by atoms with E-state index in [2.05, 4.69) is 5.27 Å². The van der Waals surface area contributed by atoms with Crippen LogP contribution in [0.5, 0.6) is 5.75 Å². The van der Waals surface area contributed by atoms with Crippen molar-refractivity contribution in [3.63, 3.8) is 0 Å². The largest absolute Gasteiger partial charge is 0.497 e. The summed E-state index contributed by atoms with van der Waals surface area (Å²) < 4.78 is 16.8. The highest BCUT2D eigenvalue weighted by molar-refractivity contribution is 5.90. The monoisotopic (exact) mass is 417 g/mol. The van der Waals surface area contributed by atoms with E-state index in [1.54, 1.807) is 43.0 Å². The second-order valence-electron chi connectivity index (χ2n) is 6.74. The summed E-state index contributed by atoms with van der Waals surface area (Å²) in [5.41, 5.74) is 3.77. The van der Waals surface area contributed by atoms with E-state index in [4.69, 9.17) is 14.0 Å². The van der Waals surface area contributed by atoms with E-state index in [0.717, 1.165) is 22.6 Å². The lowest BCUT2D eigenvalue weighted by Gasteiger charge is -2.05. The fourth-order valence-corrected chi connectivity index (χ4v) is 3.27. The summed E-state index contributed by atoms with van der Waals surface area (Å²) in [7, 11) is 1.60. The van der Waals surface area contributed by atoms with Gasteiger partial charge in [-0.1, -0.05) is 24.3 Å². The standard InChI is InChI=1S/C24H20N2O5/c1-3-30-23(27)19-10-6-17(7-11-19)16-4-8-18(9-5-16)22-24(28)31-25-26(22)20-12-14-21(29-2)15-13-20/h4-15H,3H2,1-2H3/p+1. The summed E-state index contributed by atoms with van der Waals surface area (Å²) in [4.78, 5) is 24.2. The summed E-state index contributed by atoms with van der Waals surface area (Å²) in [6.07, 6.45) is 0. The minimum atomic E-state index is -0.470. The van der Waals surface area contributed by atoms with Crippen molar-refractivity contribution in [2.45, 2.75) is 6.92 Å². The molecular formula is C24H21N2O5+. The van der Waals surface area contributed by atoms with Crippen molar-refractivity contribution < 1.29 is 23.5 Å². The molecule has 0 bridgehead atoms. The van der Waals surface area contributed by atoms with Gasteiger partial charge >= 0.3 is 17.3 Å². The number of carbonyl (C=O) groups excluding carboxylic acids is 1. The summed E-state index contributed by atoms with van der Waals surface area (Å²) in [6.45, 7) is 2.11. The third-order valence-corrected chi connectivity index (χ3v) is 4.86. The second kappa shape index (κ2) is 8.71. The molecule has 1 aromatic heterocycles. The Bertz CT molecular complexity index is 1240. The molecule has 0 aliphatic heterocycles. The molecule has 0 fully saturated rings. The predicted octanol–water partition coefficient (Wildman–Crippen LogP) is 3.76. The van der Waals surface area contributed by atoms with Crippen LogP contribution in [-0.4, -0.2) is 25.0 Å². The Balaban J connectivity index is 1.62. The number of aromatic amines is 1. The van der Waals surface area contributed by atoms with Crippen molar-refractivity contribution in [3.05, 3.63) is 88.8 Å². The van der Waals surface area contributed by atoms with Gasteiger partial charge in [0.2, 0.25) is 5.69 Å². The van der Waals surface area contributed by atoms with Crippen molar-refractivity contribution in [1.29, 1.82) is 0 Å². The topological polar surface area (TPSA) is 85.4 Å². The van der Waals surface area contributed by atoms with Crippen molar-refractivity contribution in [1.82, 2.24) is 5.27 Å². The van der Waals surface area contributed by atoms with Crippen LogP contribution in [-0.2, 0) is 4.74 Å². The maximum Gasteiger partial charge on any atom is 0.435 e. The molecule has 0 radical (unpaired) electrons. The zero-order chi connectivity index (χ0) is 21.8. The van der Waals surface area contributed by atoms with Crippen LogP contribution in [0.3, 0.4) is 0 Å². The first-order valence-electron chi connectivity index (χ1n) is 9.76. The van der Waals surface area contributed by atoms with E-state index >= 15 is 0 Å². The minimum Gasteiger partial charge on any atom is -0.497 e. The predicted molar refractivity (Wildman–Crippen MR) is 114 cm³/mol. The lowest BCUT2D eigenvalue weighted by Crippen LogP contribution is -2.36. The van der Waals surface area contributed by atoms with Gasteiger partial charge < -0.3 is 9.47 Å². The number of ether oxygens (including phenoxy) is 2. The SMILES string of the molecule is CCOC(=O)c1ccc(-c2ccc(-c3c(=O)o[nH][n+]3-c3ccc(OC)cc3)cc2)cc1. The van der Waals surface area contributed by atoms with Crippen LogP contribution in [0.2, 0.25) is 0 Å². The van der Waals surface area contributed by atoms with Crippen LogP contribution in [0.4, 0.5) is 0 Å². The van der Waals surface area contributed by atoms with Gasteiger partial charge in [-0.05, 0) is 64.4 Å². The van der Waals surface area contributed by atoms with E-state index in [0.29, 0.717) is 23.4 Å². The fraction of sp³-hybridized carbons (Fsp3) is 0.125. The molecule has 0 saturated carbocycles. The maximum atomic E-state index is 12.4. The Labute approximate surface area is 178 Å². The van der Waals surface area contributed by atoms with Crippen molar-refractivity contribution in [2.24, 2.45) is 0 Å². The lowest BCUT2D eigenvalue weighted by atomic mass is 10.0. The van der Waals surface area contributed by atoms with Gasteiger partial charge in [0.05, 0.1) is 24.8 Å². The number of rotatable bonds is 6. The molecule has 1 heterocycles. The van der Waals surface area contributed by atoms with E-state index in [9.17, 15) is 9.59 Å². The molecule has 1 N–H and O–H groups in total. The van der Waals surface area contributed by atoms with Crippen LogP contribution in [0.25, 0.3) is 28.1 Å². The molecule has 3 aromatic carbocycles. The third-order valence-electron chi connectivity index (χ3n) is 4.86. The summed E-state index contributed by atoms with van der Waals surface area (Å²) >= 11 is 0. The molecule has 0 spiro atoms. The van der Waals surface area contributed by atoms with Crippen LogP contribution in [0.1, 0.15) is 17.3 Å². The van der Waals surface area contributed by atoms with Crippen LogP contribution in [0, 0.1) is 0 Å². The number of hydrogen-bond donors (Lipinski definition) is 1. The van der Waals surface area contributed by atoms with Gasteiger partial charge in [0.25, 0.3) is 0 Å². The van der Waals surface area contributed by atoms with Crippen molar-refractivity contribution >= 4 is 5.97 Å². The Morgan fingerprint density at radius 2 is 1.48 bits per heavy atom. The number of H-pyrrole nitrogens is 1. The molecule has 7 heteroatoms. The lowest BCUT2D eigenvalue weighted by molar-refractivity contribution is -0.660. The second-order valence-corrected chi connectivity index (χ2v) is 6.74. The first-order valence-corrected chi connectivity index (χ1v) is 9.76. The zero-order valence-corrected chi connectivity index (χ0v) is 17.1. The first kappa shape index (κ1) is 20.2. The number of carbonyl (C=O) groups is 1. The smallest absolute Gasteiger partial charge is 0.435 e. The Hall–Kier alpha value is -4.13. The highest BCUT2D eigenvalue weighted by Crippen LogP contribution is 2.23. The summed E-state index contributed by atoms with van der Waals surface area (Å²) in [5.74, 6) is 0.377. The molecule has 156 valence electrons. The zero-order valence-electron chi connectivity index (χ0n) is 17.1. The number of methoxy groups -OCH3 is 1. The van der Waals surface area contributed by atoms with Gasteiger partial charge in [-0.25, -0.2) is 9.59 Å². The van der Waals surface area contributed by atoms with E-state index in [-0.39, 0.29) is 5.97 Å². The molecule has 0 saturated heterocycles. The van der Waals surface area contributed by atoms with Crippen LogP contribution in [0.15, 0.2) is 82.1 Å². The number of aromatic nitrogens is 2. The van der Waals surface area contributed by atoms with Gasteiger partial charge in [0.1, 0.15) is 5.75 Å². The molecule has 4 rings (SSSR count). The highest BCUT2D eigenvalue weighted by Gasteiger charge is 2.25. The number of nitrogens with zero attached hydrogens (tertiary/aromatic N) is 1. The van der Waals surface area contributed by atoms with Crippen LogP contribution >= 0.6 is 0 Å². The average molecular weight is 417 g/mol. The fourth-order valence-electron chi connectivity index (χ4n) is 3.27. The molecule has 0 unspecified atom stereocenters. The Kier molecular flexibility index (Phi) is 5.66. The van der Waals surface area contributed by atoms with E-state index < -0.39 is 5.63 Å². The van der Waals surface area contributed by atoms with Gasteiger partial charge in [0.15, 0.2) is 0 Å². The molecular weight excluding hydrogens is 396 g/mol. The Morgan fingerprint density at radius 1 is 0.903 bits per heavy atom. The summed E-state index contributed by atoms with van der Waals surface area (Å²) in [6, 6.07) is 22.0. The summed E-state index contributed by atoms with van der Waals surface area (Å²) in [5, 5.41) is 2.64. The average Bonchev–Trinajstić information content (AvgIpc) is 3.21. The van der Waals surface area contributed by atoms with E-state index in [1.165, 1.54) is 0 Å². The molecule has 0 aliphatic rings. The molecule has 7 nitrogen and oxygen atoms in total. The van der Waals surface area contributed by atoms with Gasteiger partial charge in [-0.3, -0.25) is 4.52 Å². The molecule has 0 aliphatic carbocycles. The normalized spacial score (nSPS) is 10.6. The Morgan fingerprint density at radius 3 is 2.06 bits per heavy atom. The first-order chi connectivity index (χ1) is 15.1. The van der Waals surface area contributed by atoms with Gasteiger partial charge in [0, 0.05) is 12.1 Å².